The molecule has 2 aromatic carbocycles. The van der Waals surface area contributed by atoms with E-state index in [1.165, 1.54) is 0 Å². The third-order valence-corrected chi connectivity index (χ3v) is 1.82. The number of phenols is 1. The van der Waals surface area contributed by atoms with Crippen LogP contribution in [0.15, 0.2) is 54.6 Å². The molecule has 1 N–H and O–H groups in total. The summed E-state index contributed by atoms with van der Waals surface area (Å²) in [4.78, 5) is 0. The molecule has 2 rings (SSSR count). The van der Waals surface area contributed by atoms with Gasteiger partial charge in [-0.25, -0.2) is 0 Å². The largest absolute Gasteiger partial charge is 0.508 e. The van der Waals surface area contributed by atoms with E-state index in [9.17, 15) is 0 Å². The summed E-state index contributed by atoms with van der Waals surface area (Å²) in [5, 5.41) is 9.07. The third-order valence-electron chi connectivity index (χ3n) is 1.82. The van der Waals surface area contributed by atoms with Crippen molar-refractivity contribution >= 4 is 17.4 Å². The summed E-state index contributed by atoms with van der Waals surface area (Å²) in [7, 11) is 0. The Morgan fingerprint density at radius 1 is 0.733 bits per heavy atom. The molecule has 0 aliphatic carbocycles. The summed E-state index contributed by atoms with van der Waals surface area (Å²) in [6, 6.07) is 16.2. The van der Waals surface area contributed by atoms with Gasteiger partial charge in [0.1, 0.15) is 17.2 Å². The molecule has 0 amide bonds. The molecule has 15 heavy (non-hydrogen) atoms. The van der Waals surface area contributed by atoms with Crippen LogP contribution in [0.5, 0.6) is 17.2 Å². The van der Waals surface area contributed by atoms with Crippen LogP contribution in [0, 0.1) is 0 Å². The number of hydrogen-bond acceptors (Lipinski definition) is 2. The second kappa shape index (κ2) is 5.45. The van der Waals surface area contributed by atoms with E-state index in [1.54, 1.807) is 24.3 Å². The van der Waals surface area contributed by atoms with E-state index in [0.29, 0.717) is 5.75 Å². The molecule has 0 spiro atoms. The molecule has 0 unspecified atom stereocenters. The predicted octanol–water partition coefficient (Wildman–Crippen LogP) is 2.00. The summed E-state index contributed by atoms with van der Waals surface area (Å²) in [6.45, 7) is 0. The fourth-order valence-corrected chi connectivity index (χ4v) is 1.14. The van der Waals surface area contributed by atoms with E-state index < -0.39 is 0 Å². The number of aromatic hydroxyl groups is 1. The first-order valence-electron chi connectivity index (χ1n) is 4.36. The van der Waals surface area contributed by atoms with Crippen molar-refractivity contribution < 1.29 is 9.84 Å². The van der Waals surface area contributed by atoms with Gasteiger partial charge in [-0.05, 0) is 36.4 Å². The molecule has 76 valence electrons. The van der Waals surface area contributed by atoms with Crippen LogP contribution < -0.4 is 4.74 Å². The van der Waals surface area contributed by atoms with Gasteiger partial charge in [0.15, 0.2) is 17.4 Å². The van der Waals surface area contributed by atoms with Crippen molar-refractivity contribution in [3.05, 3.63) is 54.6 Å². The zero-order valence-corrected chi connectivity index (χ0v) is 7.55. The maximum absolute atomic E-state index is 9.07. The van der Waals surface area contributed by atoms with Gasteiger partial charge < -0.3 is 9.84 Å². The average Bonchev–Trinajstić information content (AvgIpc) is 2.23. The quantitative estimate of drug-likeness (QED) is 0.778. The first-order chi connectivity index (χ1) is 6.84. The van der Waals surface area contributed by atoms with E-state index in [1.807, 2.05) is 30.3 Å². The van der Waals surface area contributed by atoms with E-state index in [2.05, 4.69) is 0 Å². The molecule has 0 saturated heterocycles. The Kier molecular flexibility index (Phi) is 4.23. The molecule has 0 aliphatic heterocycles. The summed E-state index contributed by atoms with van der Waals surface area (Å²) >= 11 is 0. The van der Waals surface area contributed by atoms with Gasteiger partial charge in [0.25, 0.3) is 0 Å². The molecule has 0 fully saturated rings. The molecule has 2 aromatic rings. The van der Waals surface area contributed by atoms with E-state index >= 15 is 0 Å². The summed E-state index contributed by atoms with van der Waals surface area (Å²) in [5.41, 5.74) is 0. The number of para-hydroxylation sites is 1. The highest BCUT2D eigenvalue weighted by atomic mass is 27.0. The smallest absolute Gasteiger partial charge is 0.187 e. The minimum atomic E-state index is 0. The highest BCUT2D eigenvalue weighted by Crippen LogP contribution is 2.22. The standard InChI is InChI=1S/C12H10O2.Al.3H/c13-10-6-8-12(9-7-10)14-11-4-2-1-3-5-11;;;;/h1-9,13H;;;;. The third kappa shape index (κ3) is 3.32. The summed E-state index contributed by atoms with van der Waals surface area (Å²) in [6.07, 6.45) is 0. The number of rotatable bonds is 2. The molecule has 2 nitrogen and oxygen atoms in total. The molecular weight excluding hydrogens is 203 g/mol. The van der Waals surface area contributed by atoms with Crippen molar-refractivity contribution in [1.82, 2.24) is 0 Å². The van der Waals surface area contributed by atoms with E-state index in [4.69, 9.17) is 9.84 Å². The lowest BCUT2D eigenvalue weighted by molar-refractivity contribution is 0.464. The molecule has 0 radical (unpaired) electrons. The molecule has 0 saturated carbocycles. The SMILES string of the molecule is Oc1ccc(Oc2ccccc2)cc1.[AlH3]. The normalized spacial score (nSPS) is 9.07. The fraction of sp³-hybridized carbons (Fsp3) is 0. The van der Waals surface area contributed by atoms with Crippen LogP contribution in [0.2, 0.25) is 0 Å². The van der Waals surface area contributed by atoms with Gasteiger partial charge in [-0.2, -0.15) is 0 Å². The lowest BCUT2D eigenvalue weighted by atomic mass is 10.3. The zero-order chi connectivity index (χ0) is 9.80. The number of benzene rings is 2. The maximum atomic E-state index is 9.07. The Morgan fingerprint density at radius 2 is 1.27 bits per heavy atom. The second-order valence-electron chi connectivity index (χ2n) is 2.91. The van der Waals surface area contributed by atoms with E-state index in [0.717, 1.165) is 5.75 Å². The van der Waals surface area contributed by atoms with E-state index in [-0.39, 0.29) is 23.1 Å². The summed E-state index contributed by atoms with van der Waals surface area (Å²) < 4.78 is 5.52. The van der Waals surface area contributed by atoms with Crippen LogP contribution in [-0.4, -0.2) is 22.5 Å². The van der Waals surface area contributed by atoms with Gasteiger partial charge in [-0.15, -0.1) is 0 Å². The Labute approximate surface area is 99.3 Å². The van der Waals surface area contributed by atoms with Gasteiger partial charge >= 0.3 is 0 Å². The molecule has 0 bridgehead atoms. The maximum Gasteiger partial charge on any atom is 0.187 e. The molecule has 0 heterocycles. The van der Waals surface area contributed by atoms with Gasteiger partial charge in [-0.3, -0.25) is 0 Å². The van der Waals surface area contributed by atoms with Gasteiger partial charge in [-0.1, -0.05) is 18.2 Å². The van der Waals surface area contributed by atoms with Crippen LogP contribution in [0.4, 0.5) is 0 Å². The molecule has 0 atom stereocenters. The highest BCUT2D eigenvalue weighted by Gasteiger charge is 1.95. The second-order valence-corrected chi connectivity index (χ2v) is 2.91. The van der Waals surface area contributed by atoms with Gasteiger partial charge in [0.05, 0.1) is 0 Å². The Balaban J connectivity index is 0.00000112. The molecule has 0 aliphatic rings. The molecule has 0 aromatic heterocycles. The van der Waals surface area contributed by atoms with Crippen molar-refractivity contribution in [1.29, 1.82) is 0 Å². The van der Waals surface area contributed by atoms with Crippen molar-refractivity contribution in [3.63, 3.8) is 0 Å². The first kappa shape index (κ1) is 11.6. The monoisotopic (exact) mass is 216 g/mol. The topological polar surface area (TPSA) is 29.5 Å². The van der Waals surface area contributed by atoms with Crippen LogP contribution in [0.1, 0.15) is 0 Å². The minimum absolute atomic E-state index is 0. The Hall–Kier alpha value is -1.43. The van der Waals surface area contributed by atoms with Crippen LogP contribution >= 0.6 is 0 Å². The van der Waals surface area contributed by atoms with Crippen molar-refractivity contribution in [3.8, 4) is 17.2 Å². The fourth-order valence-electron chi connectivity index (χ4n) is 1.14. The van der Waals surface area contributed by atoms with Crippen molar-refractivity contribution in [2.24, 2.45) is 0 Å². The Morgan fingerprint density at radius 3 is 1.87 bits per heavy atom. The Bertz CT molecular complexity index is 398. The number of phenolic OH excluding ortho intramolecular Hbond substituents is 1. The van der Waals surface area contributed by atoms with Crippen LogP contribution in [0.25, 0.3) is 0 Å². The zero-order valence-electron chi connectivity index (χ0n) is 7.55. The first-order valence-corrected chi connectivity index (χ1v) is 4.36. The average molecular weight is 216 g/mol. The van der Waals surface area contributed by atoms with Gasteiger partial charge in [0, 0.05) is 0 Å². The number of hydrogen-bond donors (Lipinski definition) is 1. The van der Waals surface area contributed by atoms with Crippen LogP contribution in [0.3, 0.4) is 0 Å². The highest BCUT2D eigenvalue weighted by molar-refractivity contribution is 5.75. The van der Waals surface area contributed by atoms with Crippen molar-refractivity contribution in [2.75, 3.05) is 0 Å². The lowest BCUT2D eigenvalue weighted by Crippen LogP contribution is -1.81. The predicted molar refractivity (Wildman–Crippen MR) is 64.6 cm³/mol. The van der Waals surface area contributed by atoms with Crippen LogP contribution in [-0.2, 0) is 0 Å². The minimum Gasteiger partial charge on any atom is -0.508 e. The lowest BCUT2D eigenvalue weighted by Gasteiger charge is -2.04. The van der Waals surface area contributed by atoms with Gasteiger partial charge in [0.2, 0.25) is 0 Å². The van der Waals surface area contributed by atoms with Crippen molar-refractivity contribution in [2.45, 2.75) is 0 Å². The summed E-state index contributed by atoms with van der Waals surface area (Å²) in [5.74, 6) is 1.75. The molecular formula is C12H13AlO2. The number of ether oxygens (including phenoxy) is 1. The molecule has 3 heteroatoms.